The van der Waals surface area contributed by atoms with E-state index in [-0.39, 0.29) is 5.97 Å². The summed E-state index contributed by atoms with van der Waals surface area (Å²) in [6, 6.07) is 8.21. The molecule has 0 atom stereocenters. The van der Waals surface area contributed by atoms with Crippen molar-refractivity contribution in [2.24, 2.45) is 23.7 Å². The van der Waals surface area contributed by atoms with Gasteiger partial charge in [0, 0.05) is 6.92 Å². The third-order valence-corrected chi connectivity index (χ3v) is 5.76. The van der Waals surface area contributed by atoms with Gasteiger partial charge in [-0.25, -0.2) is 0 Å². The van der Waals surface area contributed by atoms with E-state index in [1.54, 1.807) is 0 Å². The van der Waals surface area contributed by atoms with Gasteiger partial charge in [-0.05, 0) is 73.3 Å². The van der Waals surface area contributed by atoms with Crippen LogP contribution in [0.25, 0.3) is 0 Å². The number of ether oxygens (including phenoxy) is 1. The molecule has 0 unspecified atom stereocenters. The summed E-state index contributed by atoms with van der Waals surface area (Å²) >= 11 is 0. The van der Waals surface area contributed by atoms with E-state index in [4.69, 9.17) is 4.74 Å². The standard InChI is InChI=1S/C18H22O2/c1-11(19)20-17-5-3-2-4-16(17)18-14-7-12-6-13(9-14)10-15(18)8-12/h2-5,12-15,18H,6-10H2,1H3. The summed E-state index contributed by atoms with van der Waals surface area (Å²) in [5.74, 6) is 4.83. The van der Waals surface area contributed by atoms with Crippen LogP contribution in [0.5, 0.6) is 5.75 Å². The molecule has 4 bridgehead atoms. The van der Waals surface area contributed by atoms with Crippen molar-refractivity contribution < 1.29 is 9.53 Å². The highest BCUT2D eigenvalue weighted by Gasteiger charge is 2.49. The van der Waals surface area contributed by atoms with Gasteiger partial charge in [0.25, 0.3) is 0 Å². The lowest BCUT2D eigenvalue weighted by Crippen LogP contribution is -2.43. The Morgan fingerprint density at radius 1 is 1.00 bits per heavy atom. The first-order valence-corrected chi connectivity index (χ1v) is 7.98. The molecule has 1 aromatic rings. The third-order valence-electron chi connectivity index (χ3n) is 5.76. The van der Waals surface area contributed by atoms with Crippen molar-refractivity contribution >= 4 is 5.97 Å². The van der Waals surface area contributed by atoms with Crippen molar-refractivity contribution in [3.8, 4) is 5.75 Å². The quantitative estimate of drug-likeness (QED) is 0.596. The van der Waals surface area contributed by atoms with Gasteiger partial charge in [-0.1, -0.05) is 18.2 Å². The Morgan fingerprint density at radius 2 is 1.60 bits per heavy atom. The Balaban J connectivity index is 1.69. The van der Waals surface area contributed by atoms with Gasteiger partial charge in [-0.2, -0.15) is 0 Å². The summed E-state index contributed by atoms with van der Waals surface area (Å²) in [4.78, 5) is 11.3. The average molecular weight is 270 g/mol. The average Bonchev–Trinajstić information content (AvgIpc) is 2.38. The number of hydrogen-bond donors (Lipinski definition) is 0. The maximum atomic E-state index is 11.3. The van der Waals surface area contributed by atoms with Crippen LogP contribution in [-0.2, 0) is 4.79 Å². The van der Waals surface area contributed by atoms with E-state index in [1.807, 2.05) is 12.1 Å². The molecule has 106 valence electrons. The molecular formula is C18H22O2. The Morgan fingerprint density at radius 3 is 2.20 bits per heavy atom. The zero-order valence-electron chi connectivity index (χ0n) is 12.0. The first kappa shape index (κ1) is 12.4. The van der Waals surface area contributed by atoms with E-state index in [9.17, 15) is 4.79 Å². The summed E-state index contributed by atoms with van der Waals surface area (Å²) in [5.41, 5.74) is 1.29. The summed E-state index contributed by atoms with van der Waals surface area (Å²) in [5, 5.41) is 0. The molecule has 5 rings (SSSR count). The van der Waals surface area contributed by atoms with Gasteiger partial charge in [-0.15, -0.1) is 0 Å². The topological polar surface area (TPSA) is 26.3 Å². The molecule has 4 aliphatic carbocycles. The van der Waals surface area contributed by atoms with Gasteiger partial charge in [0.1, 0.15) is 5.75 Å². The van der Waals surface area contributed by atoms with E-state index in [0.717, 1.165) is 29.4 Å². The van der Waals surface area contributed by atoms with Gasteiger partial charge >= 0.3 is 5.97 Å². The van der Waals surface area contributed by atoms with Crippen molar-refractivity contribution in [1.29, 1.82) is 0 Å². The second-order valence-electron chi connectivity index (χ2n) is 7.09. The van der Waals surface area contributed by atoms with Crippen molar-refractivity contribution in [3.63, 3.8) is 0 Å². The molecule has 4 saturated carbocycles. The minimum atomic E-state index is -0.207. The fourth-order valence-electron chi connectivity index (χ4n) is 5.44. The van der Waals surface area contributed by atoms with Crippen LogP contribution in [-0.4, -0.2) is 5.97 Å². The molecule has 0 radical (unpaired) electrons. The smallest absolute Gasteiger partial charge is 0.308 e. The molecule has 0 spiro atoms. The first-order chi connectivity index (χ1) is 9.70. The molecule has 0 amide bonds. The van der Waals surface area contributed by atoms with Crippen molar-refractivity contribution in [2.75, 3.05) is 0 Å². The van der Waals surface area contributed by atoms with Gasteiger partial charge in [0.15, 0.2) is 0 Å². The maximum Gasteiger partial charge on any atom is 0.308 e. The largest absolute Gasteiger partial charge is 0.426 e. The van der Waals surface area contributed by atoms with Gasteiger partial charge in [0.2, 0.25) is 0 Å². The summed E-state index contributed by atoms with van der Waals surface area (Å²) in [6.45, 7) is 1.49. The first-order valence-electron chi connectivity index (χ1n) is 7.98. The number of esters is 1. The summed E-state index contributed by atoms with van der Waals surface area (Å²) in [7, 11) is 0. The van der Waals surface area contributed by atoms with Crippen LogP contribution in [0.15, 0.2) is 24.3 Å². The maximum absolute atomic E-state index is 11.3. The number of rotatable bonds is 2. The van der Waals surface area contributed by atoms with Crippen LogP contribution >= 0.6 is 0 Å². The molecule has 0 saturated heterocycles. The Hall–Kier alpha value is -1.31. The number of carbonyl (C=O) groups is 1. The van der Waals surface area contributed by atoms with Crippen molar-refractivity contribution in [1.82, 2.24) is 0 Å². The van der Waals surface area contributed by atoms with Crippen LogP contribution in [0.2, 0.25) is 0 Å². The van der Waals surface area contributed by atoms with Crippen LogP contribution in [0.4, 0.5) is 0 Å². The number of carbonyl (C=O) groups excluding carboxylic acids is 1. The fourth-order valence-corrected chi connectivity index (χ4v) is 5.44. The number of para-hydroxylation sites is 1. The molecule has 0 aromatic heterocycles. The van der Waals surface area contributed by atoms with E-state index in [1.165, 1.54) is 44.6 Å². The minimum absolute atomic E-state index is 0.207. The second-order valence-corrected chi connectivity index (χ2v) is 7.09. The number of hydrogen-bond acceptors (Lipinski definition) is 2. The van der Waals surface area contributed by atoms with Crippen molar-refractivity contribution in [2.45, 2.75) is 44.9 Å². The van der Waals surface area contributed by atoms with Gasteiger partial charge in [-0.3, -0.25) is 4.79 Å². The molecular weight excluding hydrogens is 248 g/mol. The summed E-state index contributed by atoms with van der Waals surface area (Å²) in [6.07, 6.45) is 7.06. The lowest BCUT2D eigenvalue weighted by atomic mass is 9.50. The minimum Gasteiger partial charge on any atom is -0.426 e. The van der Waals surface area contributed by atoms with E-state index in [0.29, 0.717) is 5.92 Å². The van der Waals surface area contributed by atoms with Crippen LogP contribution in [0.1, 0.15) is 50.5 Å². The monoisotopic (exact) mass is 270 g/mol. The van der Waals surface area contributed by atoms with Gasteiger partial charge < -0.3 is 4.74 Å². The molecule has 1 aromatic carbocycles. The van der Waals surface area contributed by atoms with Gasteiger partial charge in [0.05, 0.1) is 0 Å². The Kier molecular flexibility index (Phi) is 2.87. The molecule has 4 aliphatic rings. The molecule has 2 nitrogen and oxygen atoms in total. The highest BCUT2D eigenvalue weighted by molar-refractivity contribution is 5.70. The summed E-state index contributed by atoms with van der Waals surface area (Å²) < 4.78 is 5.46. The lowest BCUT2D eigenvalue weighted by molar-refractivity contribution is -0.132. The van der Waals surface area contributed by atoms with Crippen LogP contribution < -0.4 is 4.74 Å². The fraction of sp³-hybridized carbons (Fsp3) is 0.611. The zero-order valence-corrected chi connectivity index (χ0v) is 12.0. The van der Waals surface area contributed by atoms with E-state index in [2.05, 4.69) is 12.1 Å². The Bertz CT molecular complexity index is 506. The molecule has 0 N–H and O–H groups in total. The normalized spacial score (nSPS) is 38.0. The molecule has 4 fully saturated rings. The van der Waals surface area contributed by atoms with Crippen molar-refractivity contribution in [3.05, 3.63) is 29.8 Å². The second kappa shape index (κ2) is 4.61. The zero-order chi connectivity index (χ0) is 13.7. The third kappa shape index (κ3) is 1.97. The SMILES string of the molecule is CC(=O)Oc1ccccc1C1C2CC3CC(C2)CC1C3. The lowest BCUT2D eigenvalue weighted by Gasteiger charge is -2.54. The van der Waals surface area contributed by atoms with E-state index < -0.39 is 0 Å². The van der Waals surface area contributed by atoms with Crippen LogP contribution in [0.3, 0.4) is 0 Å². The molecule has 0 aliphatic heterocycles. The molecule has 20 heavy (non-hydrogen) atoms. The van der Waals surface area contributed by atoms with E-state index >= 15 is 0 Å². The van der Waals surface area contributed by atoms with Crippen LogP contribution in [0, 0.1) is 23.7 Å². The highest BCUT2D eigenvalue weighted by atomic mass is 16.5. The number of benzene rings is 1. The molecule has 2 heteroatoms. The Labute approximate surface area is 120 Å². The molecule has 0 heterocycles. The predicted octanol–water partition coefficient (Wildman–Crippen LogP) is 4.15. The highest BCUT2D eigenvalue weighted by Crippen LogP contribution is 2.60. The predicted molar refractivity (Wildman–Crippen MR) is 77.5 cm³/mol.